The van der Waals surface area contributed by atoms with E-state index in [-0.39, 0.29) is 23.9 Å². The Balaban J connectivity index is 1.42. The summed E-state index contributed by atoms with van der Waals surface area (Å²) in [6, 6.07) is 8.03. The summed E-state index contributed by atoms with van der Waals surface area (Å²) in [4.78, 5) is 17.2. The zero-order valence-corrected chi connectivity index (χ0v) is 18.8. The van der Waals surface area contributed by atoms with E-state index in [1.807, 2.05) is 13.2 Å². The average molecular weight is 435 g/mol. The number of anilines is 1. The van der Waals surface area contributed by atoms with E-state index in [1.54, 1.807) is 23.1 Å². The molecular weight excluding hydrogens is 404 g/mol. The zero-order valence-electron chi connectivity index (χ0n) is 18.8. The van der Waals surface area contributed by atoms with E-state index in [0.29, 0.717) is 25.3 Å². The van der Waals surface area contributed by atoms with Gasteiger partial charge in [0.1, 0.15) is 5.82 Å². The second-order valence-electron chi connectivity index (χ2n) is 8.26. The second-order valence-corrected chi connectivity index (χ2v) is 8.26. The first-order chi connectivity index (χ1) is 15.4. The van der Waals surface area contributed by atoms with Crippen LogP contribution in [-0.4, -0.2) is 45.9 Å². The van der Waals surface area contributed by atoms with Gasteiger partial charge in [0.05, 0.1) is 30.5 Å². The van der Waals surface area contributed by atoms with Crippen LogP contribution < -0.4 is 16.4 Å². The molecule has 2 atom stereocenters. The Bertz CT molecular complexity index is 1110. The fraction of sp³-hybridized carbons (Fsp3) is 0.375. The van der Waals surface area contributed by atoms with E-state index in [0.717, 1.165) is 23.1 Å². The lowest BCUT2D eigenvalue weighted by molar-refractivity contribution is 0.0357. The maximum atomic E-state index is 13.0. The second kappa shape index (κ2) is 9.50. The van der Waals surface area contributed by atoms with Crippen LogP contribution in [0.4, 0.5) is 5.82 Å². The molecule has 0 radical (unpaired) electrons. The third-order valence-corrected chi connectivity index (χ3v) is 5.93. The van der Waals surface area contributed by atoms with Gasteiger partial charge in [-0.25, -0.2) is 4.98 Å². The summed E-state index contributed by atoms with van der Waals surface area (Å²) in [6.45, 7) is 6.11. The predicted molar refractivity (Wildman–Crippen MR) is 124 cm³/mol. The number of rotatable bonds is 7. The molecule has 3 aromatic rings. The summed E-state index contributed by atoms with van der Waals surface area (Å²) in [5.74, 6) is -0.0584. The maximum Gasteiger partial charge on any atom is 0.255 e. The number of amides is 1. The van der Waals surface area contributed by atoms with Gasteiger partial charge < -0.3 is 21.1 Å². The molecule has 8 heteroatoms. The number of benzene rings is 1. The molecule has 0 bridgehead atoms. The SMILES string of the molecule is CCc1cc(CO[C@H]2CNC[C@@H]2NC(=O)c2cc(-c3cnn(C)c3)cnc2N)ccc1C. The van der Waals surface area contributed by atoms with Gasteiger partial charge in [-0.2, -0.15) is 5.10 Å². The quantitative estimate of drug-likeness (QED) is 0.526. The van der Waals surface area contributed by atoms with Gasteiger partial charge in [0.25, 0.3) is 5.91 Å². The topological polar surface area (TPSA) is 107 Å². The Morgan fingerprint density at radius 2 is 2.12 bits per heavy atom. The largest absolute Gasteiger partial charge is 0.383 e. The van der Waals surface area contributed by atoms with Gasteiger partial charge in [0.15, 0.2) is 0 Å². The number of carbonyl (C=O) groups excluding carboxylic acids is 1. The van der Waals surface area contributed by atoms with Crippen LogP contribution >= 0.6 is 0 Å². The van der Waals surface area contributed by atoms with Crippen molar-refractivity contribution in [1.82, 2.24) is 25.4 Å². The Labute approximate surface area is 188 Å². The molecule has 1 amide bonds. The lowest BCUT2D eigenvalue weighted by Gasteiger charge is -2.21. The van der Waals surface area contributed by atoms with Crippen molar-refractivity contribution in [3.05, 3.63) is 65.1 Å². The number of ether oxygens (including phenoxy) is 1. The summed E-state index contributed by atoms with van der Waals surface area (Å²) in [6.07, 6.45) is 6.12. The first kappa shape index (κ1) is 22.0. The van der Waals surface area contributed by atoms with Crippen LogP contribution in [0, 0.1) is 6.92 Å². The molecule has 2 aromatic heterocycles. The van der Waals surface area contributed by atoms with Crippen LogP contribution in [0.15, 0.2) is 42.9 Å². The van der Waals surface area contributed by atoms with Gasteiger partial charge in [0, 0.05) is 43.7 Å². The molecule has 0 saturated carbocycles. The molecule has 4 rings (SSSR count). The van der Waals surface area contributed by atoms with Crippen LogP contribution in [0.2, 0.25) is 0 Å². The van der Waals surface area contributed by atoms with Crippen LogP contribution in [0.25, 0.3) is 11.1 Å². The Hall–Kier alpha value is -3.23. The smallest absolute Gasteiger partial charge is 0.255 e. The molecule has 1 aromatic carbocycles. The minimum absolute atomic E-state index is 0.124. The van der Waals surface area contributed by atoms with Crippen molar-refractivity contribution in [2.24, 2.45) is 7.05 Å². The van der Waals surface area contributed by atoms with E-state index in [4.69, 9.17) is 10.5 Å². The van der Waals surface area contributed by atoms with Crippen molar-refractivity contribution >= 4 is 11.7 Å². The number of nitrogens with zero attached hydrogens (tertiary/aromatic N) is 3. The minimum atomic E-state index is -0.258. The summed E-state index contributed by atoms with van der Waals surface area (Å²) >= 11 is 0. The molecule has 0 aliphatic carbocycles. The Kier molecular flexibility index (Phi) is 6.53. The third-order valence-electron chi connectivity index (χ3n) is 5.93. The summed E-state index contributed by atoms with van der Waals surface area (Å²) in [5, 5.41) is 10.6. The van der Waals surface area contributed by atoms with Gasteiger partial charge in [-0.15, -0.1) is 0 Å². The van der Waals surface area contributed by atoms with Gasteiger partial charge in [-0.3, -0.25) is 9.48 Å². The standard InChI is InChI=1S/C24H30N6O2/c1-4-17-7-16(6-5-15(17)2)14-32-22-12-26-11-21(22)29-24(31)20-8-18(9-27-23(20)25)19-10-28-30(3)13-19/h5-10,13,21-22,26H,4,11-12,14H2,1-3H3,(H2,25,27)(H,29,31)/t21-,22-/m0/s1. The van der Waals surface area contributed by atoms with Crippen molar-refractivity contribution < 1.29 is 9.53 Å². The third kappa shape index (κ3) is 4.81. The van der Waals surface area contributed by atoms with Crippen LogP contribution in [0.1, 0.15) is 34.0 Å². The highest BCUT2D eigenvalue weighted by Gasteiger charge is 2.30. The first-order valence-electron chi connectivity index (χ1n) is 10.9. The number of carbonyl (C=O) groups is 1. The highest BCUT2D eigenvalue weighted by molar-refractivity contribution is 5.99. The number of aryl methyl sites for hydroxylation is 3. The number of pyridine rings is 1. The number of hydrogen-bond acceptors (Lipinski definition) is 6. The van der Waals surface area contributed by atoms with Gasteiger partial charge in [-0.1, -0.05) is 25.1 Å². The van der Waals surface area contributed by atoms with E-state index in [1.165, 1.54) is 11.1 Å². The molecule has 3 heterocycles. The predicted octanol–water partition coefficient (Wildman–Crippen LogP) is 2.22. The van der Waals surface area contributed by atoms with Crippen molar-refractivity contribution in [1.29, 1.82) is 0 Å². The zero-order chi connectivity index (χ0) is 22.7. The van der Waals surface area contributed by atoms with E-state index in [2.05, 4.69) is 52.8 Å². The van der Waals surface area contributed by atoms with E-state index < -0.39 is 0 Å². The number of nitrogens with one attached hydrogen (secondary N) is 2. The first-order valence-corrected chi connectivity index (χ1v) is 10.9. The number of nitrogen functional groups attached to an aromatic ring is 1. The van der Waals surface area contributed by atoms with Gasteiger partial charge in [-0.05, 0) is 36.1 Å². The molecule has 8 nitrogen and oxygen atoms in total. The molecule has 32 heavy (non-hydrogen) atoms. The molecular formula is C24H30N6O2. The molecule has 168 valence electrons. The van der Waals surface area contributed by atoms with Gasteiger partial charge >= 0.3 is 0 Å². The van der Waals surface area contributed by atoms with E-state index in [9.17, 15) is 4.79 Å². The number of hydrogen-bond donors (Lipinski definition) is 3. The van der Waals surface area contributed by atoms with Gasteiger partial charge in [0.2, 0.25) is 0 Å². The number of nitrogens with two attached hydrogens (primary N) is 1. The van der Waals surface area contributed by atoms with Crippen molar-refractivity contribution in [3.63, 3.8) is 0 Å². The molecule has 4 N–H and O–H groups in total. The average Bonchev–Trinajstić information content (AvgIpc) is 3.42. The van der Waals surface area contributed by atoms with Crippen molar-refractivity contribution in [2.75, 3.05) is 18.8 Å². The molecule has 1 aliphatic heterocycles. The molecule has 0 unspecified atom stereocenters. The van der Waals surface area contributed by atoms with Crippen molar-refractivity contribution in [2.45, 2.75) is 39.0 Å². The highest BCUT2D eigenvalue weighted by Crippen LogP contribution is 2.22. The lowest BCUT2D eigenvalue weighted by Crippen LogP contribution is -2.44. The Morgan fingerprint density at radius 3 is 2.88 bits per heavy atom. The fourth-order valence-electron chi connectivity index (χ4n) is 4.00. The molecule has 0 spiro atoms. The monoisotopic (exact) mass is 434 g/mol. The maximum absolute atomic E-state index is 13.0. The summed E-state index contributed by atoms with van der Waals surface area (Å²) in [7, 11) is 1.84. The lowest BCUT2D eigenvalue weighted by atomic mass is 10.0. The summed E-state index contributed by atoms with van der Waals surface area (Å²) < 4.78 is 7.87. The molecule has 1 aliphatic rings. The minimum Gasteiger partial charge on any atom is -0.383 e. The molecule has 1 saturated heterocycles. The van der Waals surface area contributed by atoms with Crippen LogP contribution in [-0.2, 0) is 24.8 Å². The van der Waals surface area contributed by atoms with Crippen LogP contribution in [0.3, 0.4) is 0 Å². The molecule has 1 fully saturated rings. The number of aromatic nitrogens is 3. The highest BCUT2D eigenvalue weighted by atomic mass is 16.5. The Morgan fingerprint density at radius 1 is 1.28 bits per heavy atom. The van der Waals surface area contributed by atoms with Crippen molar-refractivity contribution in [3.8, 4) is 11.1 Å². The summed E-state index contributed by atoms with van der Waals surface area (Å²) in [5.41, 5.74) is 11.8. The fourth-order valence-corrected chi connectivity index (χ4v) is 4.00. The van der Waals surface area contributed by atoms with Crippen LogP contribution in [0.5, 0.6) is 0 Å². The normalized spacial score (nSPS) is 18.1. The van der Waals surface area contributed by atoms with E-state index >= 15 is 0 Å².